The minimum absolute atomic E-state index is 0. The molecule has 0 saturated carbocycles. The van der Waals surface area contributed by atoms with Gasteiger partial charge in [0.2, 0.25) is 5.91 Å². The van der Waals surface area contributed by atoms with Crippen LogP contribution in [-0.2, 0) is 4.79 Å². The number of piperazine rings is 1. The van der Waals surface area contributed by atoms with Crippen LogP contribution in [0, 0.1) is 11.6 Å². The Kier molecular flexibility index (Phi) is 7.34. The summed E-state index contributed by atoms with van der Waals surface area (Å²) < 4.78 is 53.3. The van der Waals surface area contributed by atoms with Crippen LogP contribution in [0.15, 0.2) is 18.2 Å². The molecule has 1 unspecified atom stereocenters. The SMILES string of the molecule is Cl.Cl.O=C(C1CC(F)(F)CN1)N1CCN(c2cc(F)ccc2F)CC1. The predicted molar refractivity (Wildman–Crippen MR) is 91.0 cm³/mol. The van der Waals surface area contributed by atoms with E-state index in [0.717, 1.165) is 18.2 Å². The molecular formula is C15H19Cl2F4N3O. The molecule has 1 N–H and O–H groups in total. The summed E-state index contributed by atoms with van der Waals surface area (Å²) in [5.74, 6) is -4.27. The van der Waals surface area contributed by atoms with Crippen molar-refractivity contribution in [3.05, 3.63) is 29.8 Å². The smallest absolute Gasteiger partial charge is 0.262 e. The lowest BCUT2D eigenvalue weighted by Gasteiger charge is -2.37. The summed E-state index contributed by atoms with van der Waals surface area (Å²) in [5, 5.41) is 2.54. The van der Waals surface area contributed by atoms with Gasteiger partial charge in [-0.15, -0.1) is 24.8 Å². The van der Waals surface area contributed by atoms with Crippen molar-refractivity contribution in [1.82, 2.24) is 10.2 Å². The topological polar surface area (TPSA) is 35.6 Å². The first-order valence-corrected chi connectivity index (χ1v) is 7.46. The average molecular weight is 404 g/mol. The molecular weight excluding hydrogens is 385 g/mol. The van der Waals surface area contributed by atoms with Gasteiger partial charge in [0.15, 0.2) is 0 Å². The number of rotatable bonds is 2. The Hall–Kier alpha value is -1.25. The van der Waals surface area contributed by atoms with Crippen molar-refractivity contribution >= 4 is 36.4 Å². The van der Waals surface area contributed by atoms with Gasteiger partial charge in [-0.05, 0) is 12.1 Å². The van der Waals surface area contributed by atoms with Crippen molar-refractivity contribution in [2.24, 2.45) is 0 Å². The molecule has 0 bridgehead atoms. The molecule has 10 heteroatoms. The number of halogens is 6. The van der Waals surface area contributed by atoms with Crippen molar-refractivity contribution in [2.45, 2.75) is 18.4 Å². The highest BCUT2D eigenvalue weighted by molar-refractivity contribution is 5.85. The molecule has 2 aliphatic rings. The number of carbonyl (C=O) groups is 1. The summed E-state index contributed by atoms with van der Waals surface area (Å²) in [6.45, 7) is 0.749. The van der Waals surface area contributed by atoms with Crippen LogP contribution in [0.1, 0.15) is 6.42 Å². The number of benzene rings is 1. The molecule has 2 fully saturated rings. The molecule has 142 valence electrons. The number of amides is 1. The van der Waals surface area contributed by atoms with Crippen molar-refractivity contribution in [3.63, 3.8) is 0 Å². The Labute approximate surface area is 155 Å². The lowest BCUT2D eigenvalue weighted by molar-refractivity contribution is -0.134. The molecule has 2 saturated heterocycles. The maximum Gasteiger partial charge on any atom is 0.262 e. The van der Waals surface area contributed by atoms with Gasteiger partial charge in [-0.2, -0.15) is 0 Å². The molecule has 1 aromatic carbocycles. The maximum atomic E-state index is 13.8. The highest BCUT2D eigenvalue weighted by Gasteiger charge is 2.43. The fourth-order valence-electron chi connectivity index (χ4n) is 3.01. The summed E-state index contributed by atoms with van der Waals surface area (Å²) in [4.78, 5) is 15.4. The zero-order chi connectivity index (χ0) is 16.6. The molecule has 2 aliphatic heterocycles. The summed E-state index contributed by atoms with van der Waals surface area (Å²) >= 11 is 0. The quantitative estimate of drug-likeness (QED) is 0.770. The third-order valence-electron chi connectivity index (χ3n) is 4.25. The lowest BCUT2D eigenvalue weighted by atomic mass is 10.1. The monoisotopic (exact) mass is 403 g/mol. The van der Waals surface area contributed by atoms with Crippen LogP contribution in [0.3, 0.4) is 0 Å². The Morgan fingerprint density at radius 1 is 1.12 bits per heavy atom. The largest absolute Gasteiger partial charge is 0.366 e. The van der Waals surface area contributed by atoms with Gasteiger partial charge in [0.1, 0.15) is 11.6 Å². The standard InChI is InChI=1S/C15H17F4N3O.2ClH/c16-10-1-2-11(17)13(7-10)21-3-5-22(6-4-21)14(23)12-8-15(18,19)9-20-12;;/h1-2,7,12,20H,3-6,8-9H2;2*1H. The number of hydrogen-bond acceptors (Lipinski definition) is 3. The minimum atomic E-state index is -2.85. The number of anilines is 1. The minimum Gasteiger partial charge on any atom is -0.366 e. The van der Waals surface area contributed by atoms with Crippen molar-refractivity contribution in [3.8, 4) is 0 Å². The maximum absolute atomic E-state index is 13.8. The summed E-state index contributed by atoms with van der Waals surface area (Å²) in [6.07, 6.45) is -0.495. The number of hydrogen-bond donors (Lipinski definition) is 1. The van der Waals surface area contributed by atoms with Gasteiger partial charge >= 0.3 is 0 Å². The van der Waals surface area contributed by atoms with Crippen LogP contribution in [-0.4, -0.2) is 55.5 Å². The van der Waals surface area contributed by atoms with Crippen LogP contribution in [0.4, 0.5) is 23.2 Å². The second kappa shape index (κ2) is 8.42. The highest BCUT2D eigenvalue weighted by atomic mass is 35.5. The summed E-state index contributed by atoms with van der Waals surface area (Å²) in [5.41, 5.74) is 0.155. The normalized spacial score (nSPS) is 22.2. The number of carbonyl (C=O) groups excluding carboxylic acids is 1. The van der Waals surface area contributed by atoms with Crippen LogP contribution in [0.25, 0.3) is 0 Å². The van der Waals surface area contributed by atoms with Crippen molar-refractivity contribution in [2.75, 3.05) is 37.6 Å². The zero-order valence-electron chi connectivity index (χ0n) is 13.2. The zero-order valence-corrected chi connectivity index (χ0v) is 14.8. The summed E-state index contributed by atoms with van der Waals surface area (Å²) in [7, 11) is 0. The molecule has 0 spiro atoms. The molecule has 2 heterocycles. The van der Waals surface area contributed by atoms with E-state index in [1.165, 1.54) is 4.90 Å². The first-order valence-electron chi connectivity index (χ1n) is 7.46. The third-order valence-corrected chi connectivity index (χ3v) is 4.25. The number of nitrogens with zero attached hydrogens (tertiary/aromatic N) is 2. The van der Waals surface area contributed by atoms with Crippen molar-refractivity contribution in [1.29, 1.82) is 0 Å². The Bertz CT molecular complexity index is 612. The van der Waals surface area contributed by atoms with Crippen LogP contribution in [0.2, 0.25) is 0 Å². The van der Waals surface area contributed by atoms with E-state index in [-0.39, 0.29) is 36.4 Å². The number of alkyl halides is 2. The Balaban J connectivity index is 0.00000156. The van der Waals surface area contributed by atoms with E-state index in [1.807, 2.05) is 0 Å². The molecule has 0 aromatic heterocycles. The van der Waals surface area contributed by atoms with E-state index in [4.69, 9.17) is 0 Å². The molecule has 1 amide bonds. The molecule has 0 radical (unpaired) electrons. The fourth-order valence-corrected chi connectivity index (χ4v) is 3.01. The van der Waals surface area contributed by atoms with Crippen molar-refractivity contribution < 1.29 is 22.4 Å². The molecule has 3 rings (SSSR count). The van der Waals surface area contributed by atoms with Gasteiger partial charge in [-0.1, -0.05) is 0 Å². The Morgan fingerprint density at radius 3 is 2.32 bits per heavy atom. The summed E-state index contributed by atoms with van der Waals surface area (Å²) in [6, 6.07) is 2.35. The number of nitrogens with one attached hydrogen (secondary N) is 1. The fraction of sp³-hybridized carbons (Fsp3) is 0.533. The molecule has 1 atom stereocenters. The first-order chi connectivity index (χ1) is 10.9. The van der Waals surface area contributed by atoms with Gasteiger partial charge in [0.05, 0.1) is 18.3 Å². The predicted octanol–water partition coefficient (Wildman–Crippen LogP) is 2.45. The van der Waals surface area contributed by atoms with E-state index in [0.29, 0.717) is 26.2 Å². The van der Waals surface area contributed by atoms with Gasteiger partial charge in [0.25, 0.3) is 5.92 Å². The van der Waals surface area contributed by atoms with Gasteiger partial charge in [-0.25, -0.2) is 17.6 Å². The van der Waals surface area contributed by atoms with E-state index in [2.05, 4.69) is 5.32 Å². The average Bonchev–Trinajstić information content (AvgIpc) is 2.89. The second-order valence-corrected chi connectivity index (χ2v) is 5.90. The van der Waals surface area contributed by atoms with E-state index < -0.39 is 36.6 Å². The highest BCUT2D eigenvalue weighted by Crippen LogP contribution is 2.27. The van der Waals surface area contributed by atoms with Crippen LogP contribution in [0.5, 0.6) is 0 Å². The first kappa shape index (κ1) is 21.8. The second-order valence-electron chi connectivity index (χ2n) is 5.90. The molecule has 25 heavy (non-hydrogen) atoms. The van der Waals surface area contributed by atoms with E-state index in [1.54, 1.807) is 4.90 Å². The third kappa shape index (κ3) is 4.89. The molecule has 1 aromatic rings. The van der Waals surface area contributed by atoms with E-state index >= 15 is 0 Å². The van der Waals surface area contributed by atoms with Gasteiger partial charge in [0, 0.05) is 38.7 Å². The lowest BCUT2D eigenvalue weighted by Crippen LogP contribution is -2.53. The van der Waals surface area contributed by atoms with Crippen LogP contribution >= 0.6 is 24.8 Å². The molecule has 4 nitrogen and oxygen atoms in total. The van der Waals surface area contributed by atoms with E-state index in [9.17, 15) is 22.4 Å². The van der Waals surface area contributed by atoms with Gasteiger partial charge in [-0.3, -0.25) is 10.1 Å². The van der Waals surface area contributed by atoms with Crippen LogP contribution < -0.4 is 10.2 Å². The Morgan fingerprint density at radius 2 is 1.76 bits per heavy atom. The van der Waals surface area contributed by atoms with Gasteiger partial charge < -0.3 is 9.80 Å². The molecule has 0 aliphatic carbocycles.